The molecule has 1 aliphatic rings. The number of hydrogen-bond acceptors (Lipinski definition) is 3. The van der Waals surface area contributed by atoms with Crippen molar-refractivity contribution in [1.82, 2.24) is 15.3 Å². The van der Waals surface area contributed by atoms with Crippen LogP contribution in [0.1, 0.15) is 48.7 Å². The van der Waals surface area contributed by atoms with Gasteiger partial charge in [0.25, 0.3) is 0 Å². The minimum atomic E-state index is 0.208. The Morgan fingerprint density at radius 3 is 2.90 bits per heavy atom. The van der Waals surface area contributed by atoms with Crippen LogP contribution in [0.5, 0.6) is 0 Å². The molecule has 21 heavy (non-hydrogen) atoms. The molecule has 2 heterocycles. The minimum absolute atomic E-state index is 0.208. The zero-order valence-electron chi connectivity index (χ0n) is 12.2. The van der Waals surface area contributed by atoms with Crippen LogP contribution in [0.4, 0.5) is 0 Å². The first-order chi connectivity index (χ1) is 10.3. The Morgan fingerprint density at radius 2 is 2.10 bits per heavy atom. The Labute approximate surface area is 134 Å². The Kier molecular flexibility index (Phi) is 4.66. The molecule has 0 aromatic carbocycles. The molecule has 2 unspecified atom stereocenters. The van der Waals surface area contributed by atoms with E-state index in [2.05, 4.69) is 50.3 Å². The van der Waals surface area contributed by atoms with Gasteiger partial charge < -0.3 is 5.32 Å². The summed E-state index contributed by atoms with van der Waals surface area (Å²) in [5, 5.41) is 3.62. The van der Waals surface area contributed by atoms with Gasteiger partial charge in [-0.25, -0.2) is 0 Å². The van der Waals surface area contributed by atoms with E-state index in [0.717, 1.165) is 29.6 Å². The van der Waals surface area contributed by atoms with E-state index in [1.807, 2.05) is 24.5 Å². The van der Waals surface area contributed by atoms with E-state index in [1.165, 1.54) is 17.7 Å². The maximum absolute atomic E-state index is 4.68. The zero-order chi connectivity index (χ0) is 14.7. The third-order valence-corrected chi connectivity index (χ3v) is 4.82. The van der Waals surface area contributed by atoms with E-state index in [-0.39, 0.29) is 6.04 Å². The zero-order valence-corrected chi connectivity index (χ0v) is 13.8. The number of nitrogens with zero attached hydrogens (tertiary/aromatic N) is 2. The van der Waals surface area contributed by atoms with Crippen molar-refractivity contribution >= 4 is 15.9 Å². The molecule has 3 nitrogen and oxygen atoms in total. The van der Waals surface area contributed by atoms with Crippen molar-refractivity contribution in [1.29, 1.82) is 0 Å². The largest absolute Gasteiger partial charge is 0.308 e. The molecule has 0 saturated heterocycles. The highest BCUT2D eigenvalue weighted by molar-refractivity contribution is 9.10. The number of halogens is 1. The summed E-state index contributed by atoms with van der Waals surface area (Å²) in [5.41, 5.74) is 3.72. The Bertz CT molecular complexity index is 614. The van der Waals surface area contributed by atoms with Crippen molar-refractivity contribution in [3.8, 4) is 0 Å². The van der Waals surface area contributed by atoms with Gasteiger partial charge in [-0.2, -0.15) is 0 Å². The first-order valence-corrected chi connectivity index (χ1v) is 8.38. The van der Waals surface area contributed by atoms with E-state index in [0.29, 0.717) is 5.92 Å². The number of aromatic nitrogens is 2. The van der Waals surface area contributed by atoms with Crippen molar-refractivity contribution < 1.29 is 0 Å². The second-order valence-electron chi connectivity index (χ2n) is 5.45. The van der Waals surface area contributed by atoms with Gasteiger partial charge in [-0.15, -0.1) is 0 Å². The van der Waals surface area contributed by atoms with Crippen molar-refractivity contribution in [2.75, 3.05) is 6.54 Å². The van der Waals surface area contributed by atoms with Gasteiger partial charge in [0, 0.05) is 28.5 Å². The lowest BCUT2D eigenvalue weighted by molar-refractivity contribution is 0.392. The summed E-state index contributed by atoms with van der Waals surface area (Å²) < 4.78 is 1.07. The van der Waals surface area contributed by atoms with Gasteiger partial charge >= 0.3 is 0 Å². The summed E-state index contributed by atoms with van der Waals surface area (Å²) in [6.07, 6.45) is 7.29. The smallest absolute Gasteiger partial charge is 0.0721 e. The summed E-state index contributed by atoms with van der Waals surface area (Å²) in [5.74, 6) is 0.390. The lowest BCUT2D eigenvalue weighted by Crippen LogP contribution is -2.30. The lowest BCUT2D eigenvalue weighted by atomic mass is 9.80. The highest BCUT2D eigenvalue weighted by atomic mass is 79.9. The van der Waals surface area contributed by atoms with Crippen molar-refractivity contribution in [2.45, 2.75) is 38.1 Å². The monoisotopic (exact) mass is 345 g/mol. The van der Waals surface area contributed by atoms with Crippen LogP contribution in [0.3, 0.4) is 0 Å². The van der Waals surface area contributed by atoms with Gasteiger partial charge in [-0.1, -0.05) is 13.0 Å². The second kappa shape index (κ2) is 6.67. The van der Waals surface area contributed by atoms with E-state index >= 15 is 0 Å². The summed E-state index contributed by atoms with van der Waals surface area (Å²) in [7, 11) is 0. The van der Waals surface area contributed by atoms with Crippen LogP contribution in [0.2, 0.25) is 0 Å². The second-order valence-corrected chi connectivity index (χ2v) is 6.31. The molecule has 0 aliphatic heterocycles. The Balaban J connectivity index is 2.01. The van der Waals surface area contributed by atoms with Crippen LogP contribution in [-0.4, -0.2) is 16.5 Å². The number of aryl methyl sites for hydroxylation is 1. The fraction of sp³-hybridized carbons (Fsp3) is 0.412. The molecular weight excluding hydrogens is 326 g/mol. The predicted molar refractivity (Wildman–Crippen MR) is 88.3 cm³/mol. The molecule has 2 aromatic heterocycles. The first kappa shape index (κ1) is 14.7. The molecule has 0 radical (unpaired) electrons. The Hall–Kier alpha value is -1.26. The van der Waals surface area contributed by atoms with Gasteiger partial charge in [-0.3, -0.25) is 9.97 Å². The molecule has 2 atom stereocenters. The molecule has 1 N–H and O–H groups in total. The summed E-state index contributed by atoms with van der Waals surface area (Å²) in [4.78, 5) is 9.28. The third kappa shape index (κ3) is 3.01. The number of hydrogen-bond donors (Lipinski definition) is 1. The van der Waals surface area contributed by atoms with Gasteiger partial charge in [0.2, 0.25) is 0 Å². The SMILES string of the molecule is CCNC(c1ncccc1Br)C1CCCc2cccnc21. The predicted octanol–water partition coefficient (Wildman–Crippen LogP) is 4.01. The summed E-state index contributed by atoms with van der Waals surface area (Å²) >= 11 is 3.65. The van der Waals surface area contributed by atoms with Gasteiger partial charge in [0.1, 0.15) is 0 Å². The molecule has 1 aliphatic carbocycles. The molecule has 0 amide bonds. The highest BCUT2D eigenvalue weighted by Crippen LogP contribution is 2.40. The van der Waals surface area contributed by atoms with Crippen LogP contribution in [0.15, 0.2) is 41.1 Å². The molecule has 3 rings (SSSR count). The van der Waals surface area contributed by atoms with Crippen molar-refractivity contribution in [3.05, 3.63) is 58.1 Å². The highest BCUT2D eigenvalue weighted by Gasteiger charge is 2.31. The van der Waals surface area contributed by atoms with E-state index < -0.39 is 0 Å². The van der Waals surface area contributed by atoms with Crippen LogP contribution >= 0.6 is 15.9 Å². The van der Waals surface area contributed by atoms with Gasteiger partial charge in [0.05, 0.1) is 11.7 Å². The maximum atomic E-state index is 4.68. The molecule has 0 spiro atoms. The molecule has 0 fully saturated rings. The molecule has 4 heteroatoms. The van der Waals surface area contributed by atoms with Crippen LogP contribution < -0.4 is 5.32 Å². The summed E-state index contributed by atoms with van der Waals surface area (Å²) in [6, 6.07) is 8.49. The molecule has 110 valence electrons. The normalized spacial score (nSPS) is 19.0. The van der Waals surface area contributed by atoms with Crippen LogP contribution in [0, 0.1) is 0 Å². The first-order valence-electron chi connectivity index (χ1n) is 7.59. The number of rotatable bonds is 4. The Morgan fingerprint density at radius 1 is 1.29 bits per heavy atom. The fourth-order valence-electron chi connectivity index (χ4n) is 3.25. The standard InChI is InChI=1S/C17H20BrN3/c1-2-19-16(17-14(18)9-5-11-21-17)13-8-3-6-12-7-4-10-20-15(12)13/h4-5,7,9-11,13,16,19H,2-3,6,8H2,1H3. The van der Waals surface area contributed by atoms with Crippen LogP contribution in [0.25, 0.3) is 0 Å². The lowest BCUT2D eigenvalue weighted by Gasteiger charge is -2.32. The fourth-order valence-corrected chi connectivity index (χ4v) is 3.75. The molecular formula is C17H20BrN3. The topological polar surface area (TPSA) is 37.8 Å². The average molecular weight is 346 g/mol. The van der Waals surface area contributed by atoms with Crippen molar-refractivity contribution in [2.24, 2.45) is 0 Å². The van der Waals surface area contributed by atoms with Gasteiger partial charge in [0.15, 0.2) is 0 Å². The quantitative estimate of drug-likeness (QED) is 0.909. The molecule has 0 saturated carbocycles. The molecule has 0 bridgehead atoms. The maximum Gasteiger partial charge on any atom is 0.0721 e. The number of fused-ring (bicyclic) bond motifs is 1. The average Bonchev–Trinajstić information content (AvgIpc) is 2.53. The van der Waals surface area contributed by atoms with E-state index in [4.69, 9.17) is 0 Å². The minimum Gasteiger partial charge on any atom is -0.308 e. The number of pyridine rings is 2. The van der Waals surface area contributed by atoms with Crippen molar-refractivity contribution in [3.63, 3.8) is 0 Å². The van der Waals surface area contributed by atoms with E-state index in [9.17, 15) is 0 Å². The number of likely N-dealkylation sites (N-methyl/N-ethyl adjacent to an activating group) is 1. The number of nitrogens with one attached hydrogen (secondary N) is 1. The van der Waals surface area contributed by atoms with Crippen LogP contribution in [-0.2, 0) is 6.42 Å². The van der Waals surface area contributed by atoms with Gasteiger partial charge in [-0.05, 0) is 65.5 Å². The summed E-state index contributed by atoms with van der Waals surface area (Å²) in [6.45, 7) is 3.07. The third-order valence-electron chi connectivity index (χ3n) is 4.15. The molecule has 2 aromatic rings. The van der Waals surface area contributed by atoms with E-state index in [1.54, 1.807) is 0 Å².